The molecule has 3 heteroatoms. The number of nitrogens with zero attached hydrogens (tertiary/aromatic N) is 1. The van der Waals surface area contributed by atoms with Crippen LogP contribution in [0, 0.1) is 0 Å². The summed E-state index contributed by atoms with van der Waals surface area (Å²) in [5.74, 6) is 1.11. The van der Waals surface area contributed by atoms with E-state index in [-0.39, 0.29) is 11.8 Å². The highest BCUT2D eigenvalue weighted by Gasteiger charge is 2.32. The van der Waals surface area contributed by atoms with Crippen LogP contribution in [-0.2, 0) is 4.79 Å². The number of likely N-dealkylation sites (tertiary alicyclic amines) is 1. The van der Waals surface area contributed by atoms with Gasteiger partial charge in [-0.2, -0.15) is 0 Å². The molecular weight excluding hydrogens is 214 g/mol. The van der Waals surface area contributed by atoms with Crippen molar-refractivity contribution < 1.29 is 9.53 Å². The van der Waals surface area contributed by atoms with E-state index in [0.717, 1.165) is 37.2 Å². The van der Waals surface area contributed by atoms with Crippen molar-refractivity contribution >= 4 is 5.91 Å². The minimum atomic E-state index is 0.0247. The largest absolute Gasteiger partial charge is 0.497 e. The van der Waals surface area contributed by atoms with Gasteiger partial charge in [-0.3, -0.25) is 4.79 Å². The predicted molar refractivity (Wildman–Crippen MR) is 67.2 cm³/mol. The maximum Gasteiger partial charge on any atom is 0.230 e. The van der Waals surface area contributed by atoms with Gasteiger partial charge in [0.05, 0.1) is 13.0 Å². The van der Waals surface area contributed by atoms with Crippen molar-refractivity contribution in [2.24, 2.45) is 0 Å². The van der Waals surface area contributed by atoms with Gasteiger partial charge in [0.25, 0.3) is 0 Å². The van der Waals surface area contributed by atoms with Crippen LogP contribution in [-0.4, -0.2) is 31.0 Å². The normalized spacial score (nSPS) is 19.8. The molecule has 1 aliphatic heterocycles. The number of benzene rings is 1. The minimum Gasteiger partial charge on any atom is -0.497 e. The highest BCUT2D eigenvalue weighted by molar-refractivity contribution is 5.85. The molecule has 0 aromatic heterocycles. The van der Waals surface area contributed by atoms with Gasteiger partial charge in [0.2, 0.25) is 5.91 Å². The second-order valence-electron chi connectivity index (χ2n) is 4.44. The Labute approximate surface area is 102 Å². The first-order valence-electron chi connectivity index (χ1n) is 6.19. The van der Waals surface area contributed by atoms with Crippen molar-refractivity contribution in [3.63, 3.8) is 0 Å². The lowest BCUT2D eigenvalue weighted by Gasteiger charge is -2.15. The Kier molecular flexibility index (Phi) is 3.67. The van der Waals surface area contributed by atoms with E-state index in [2.05, 4.69) is 6.92 Å². The molecule has 2 rings (SSSR count). The van der Waals surface area contributed by atoms with Crippen LogP contribution in [0.2, 0.25) is 0 Å². The first-order chi connectivity index (χ1) is 8.26. The van der Waals surface area contributed by atoms with Crippen LogP contribution in [0.15, 0.2) is 24.3 Å². The molecule has 1 heterocycles. The number of amides is 1. The lowest BCUT2D eigenvalue weighted by molar-refractivity contribution is -0.128. The van der Waals surface area contributed by atoms with Gasteiger partial charge >= 0.3 is 0 Å². The lowest BCUT2D eigenvalue weighted by atomic mass is 9.97. The van der Waals surface area contributed by atoms with E-state index in [4.69, 9.17) is 4.74 Å². The molecule has 3 nitrogen and oxygen atoms in total. The Bertz CT molecular complexity index is 403. The summed E-state index contributed by atoms with van der Waals surface area (Å²) < 4.78 is 5.20. The number of carbonyl (C=O) groups is 1. The molecular formula is C14H19NO2. The van der Waals surface area contributed by atoms with E-state index in [1.54, 1.807) is 7.11 Å². The number of hydrogen-bond donors (Lipinski definition) is 0. The molecule has 17 heavy (non-hydrogen) atoms. The second kappa shape index (κ2) is 5.21. The summed E-state index contributed by atoms with van der Waals surface area (Å²) >= 11 is 0. The van der Waals surface area contributed by atoms with Crippen molar-refractivity contribution in [1.29, 1.82) is 0 Å². The van der Waals surface area contributed by atoms with Gasteiger partial charge in [-0.15, -0.1) is 0 Å². The Morgan fingerprint density at radius 1 is 1.47 bits per heavy atom. The zero-order chi connectivity index (χ0) is 12.3. The van der Waals surface area contributed by atoms with E-state index in [9.17, 15) is 4.79 Å². The van der Waals surface area contributed by atoms with Crippen LogP contribution in [0.4, 0.5) is 0 Å². The van der Waals surface area contributed by atoms with E-state index in [0.29, 0.717) is 0 Å². The first-order valence-corrected chi connectivity index (χ1v) is 6.19. The molecule has 1 aliphatic rings. The number of rotatable bonds is 4. The van der Waals surface area contributed by atoms with Gasteiger partial charge < -0.3 is 9.64 Å². The molecule has 1 aromatic rings. The van der Waals surface area contributed by atoms with Crippen LogP contribution in [0.25, 0.3) is 0 Å². The Morgan fingerprint density at radius 2 is 2.29 bits per heavy atom. The average molecular weight is 233 g/mol. The molecule has 0 spiro atoms. The lowest BCUT2D eigenvalue weighted by Crippen LogP contribution is -2.27. The van der Waals surface area contributed by atoms with Crippen molar-refractivity contribution in [2.45, 2.75) is 25.7 Å². The van der Waals surface area contributed by atoms with Gasteiger partial charge in [-0.1, -0.05) is 19.1 Å². The van der Waals surface area contributed by atoms with E-state index in [1.165, 1.54) is 0 Å². The van der Waals surface area contributed by atoms with Crippen LogP contribution >= 0.6 is 0 Å². The van der Waals surface area contributed by atoms with E-state index >= 15 is 0 Å². The molecule has 1 saturated heterocycles. The van der Waals surface area contributed by atoms with Gasteiger partial charge in [0.1, 0.15) is 5.75 Å². The van der Waals surface area contributed by atoms with Gasteiger partial charge in [-0.25, -0.2) is 0 Å². The van der Waals surface area contributed by atoms with Crippen LogP contribution in [0.5, 0.6) is 5.75 Å². The summed E-state index contributed by atoms with van der Waals surface area (Å²) in [7, 11) is 1.65. The minimum absolute atomic E-state index is 0.0247. The molecule has 0 radical (unpaired) electrons. The molecule has 1 atom stereocenters. The number of ether oxygens (including phenoxy) is 1. The SMILES string of the molecule is CCCN1CCC(c2cccc(OC)c2)C1=O. The summed E-state index contributed by atoms with van der Waals surface area (Å²) in [4.78, 5) is 14.1. The van der Waals surface area contributed by atoms with E-state index < -0.39 is 0 Å². The molecule has 1 unspecified atom stereocenters. The third kappa shape index (κ3) is 2.43. The maximum absolute atomic E-state index is 12.2. The number of carbonyl (C=O) groups excluding carboxylic acids is 1. The second-order valence-corrected chi connectivity index (χ2v) is 4.44. The standard InChI is InChI=1S/C14H19NO2/c1-3-8-15-9-7-13(14(15)16)11-5-4-6-12(10-11)17-2/h4-6,10,13H,3,7-9H2,1-2H3. The molecule has 92 valence electrons. The van der Waals surface area contributed by atoms with Gasteiger partial charge in [0.15, 0.2) is 0 Å². The van der Waals surface area contributed by atoms with Crippen LogP contribution < -0.4 is 4.74 Å². The number of methoxy groups -OCH3 is 1. The highest BCUT2D eigenvalue weighted by atomic mass is 16.5. The highest BCUT2D eigenvalue weighted by Crippen LogP contribution is 2.30. The monoisotopic (exact) mass is 233 g/mol. The third-order valence-electron chi connectivity index (χ3n) is 3.29. The zero-order valence-corrected chi connectivity index (χ0v) is 10.5. The quantitative estimate of drug-likeness (QED) is 0.799. The summed E-state index contributed by atoms with van der Waals surface area (Å²) in [6.45, 7) is 3.86. The molecule has 1 aromatic carbocycles. The van der Waals surface area contributed by atoms with Crippen molar-refractivity contribution in [3.8, 4) is 5.75 Å². The summed E-state index contributed by atoms with van der Waals surface area (Å²) in [5.41, 5.74) is 1.08. The fourth-order valence-corrected chi connectivity index (χ4v) is 2.40. The van der Waals surface area contributed by atoms with Crippen molar-refractivity contribution in [2.75, 3.05) is 20.2 Å². The first kappa shape index (κ1) is 12.0. The van der Waals surface area contributed by atoms with Gasteiger partial charge in [-0.05, 0) is 30.5 Å². The fraction of sp³-hybridized carbons (Fsp3) is 0.500. The maximum atomic E-state index is 12.2. The molecule has 0 bridgehead atoms. The van der Waals surface area contributed by atoms with Crippen LogP contribution in [0.3, 0.4) is 0 Å². The molecule has 0 aliphatic carbocycles. The van der Waals surface area contributed by atoms with Crippen molar-refractivity contribution in [3.05, 3.63) is 29.8 Å². The smallest absolute Gasteiger partial charge is 0.230 e. The Balaban J connectivity index is 2.15. The number of hydrogen-bond acceptors (Lipinski definition) is 2. The Hall–Kier alpha value is -1.51. The molecule has 0 saturated carbocycles. The Morgan fingerprint density at radius 3 is 3.00 bits per heavy atom. The predicted octanol–water partition coefficient (Wildman–Crippen LogP) is 2.42. The molecule has 0 N–H and O–H groups in total. The summed E-state index contributed by atoms with van der Waals surface area (Å²) in [5, 5.41) is 0. The fourth-order valence-electron chi connectivity index (χ4n) is 2.40. The zero-order valence-electron chi connectivity index (χ0n) is 10.5. The van der Waals surface area contributed by atoms with Gasteiger partial charge in [0, 0.05) is 13.1 Å². The average Bonchev–Trinajstić information content (AvgIpc) is 2.72. The van der Waals surface area contributed by atoms with Crippen molar-refractivity contribution in [1.82, 2.24) is 4.90 Å². The molecule has 1 amide bonds. The summed E-state index contributed by atoms with van der Waals surface area (Å²) in [6.07, 6.45) is 1.95. The topological polar surface area (TPSA) is 29.5 Å². The van der Waals surface area contributed by atoms with E-state index in [1.807, 2.05) is 29.2 Å². The summed E-state index contributed by atoms with van der Waals surface area (Å²) in [6, 6.07) is 7.84. The van der Waals surface area contributed by atoms with Crippen LogP contribution in [0.1, 0.15) is 31.2 Å². The molecule has 1 fully saturated rings. The third-order valence-corrected chi connectivity index (χ3v) is 3.29.